The van der Waals surface area contributed by atoms with E-state index in [0.29, 0.717) is 19.1 Å². The van der Waals surface area contributed by atoms with Crippen LogP contribution in [0.3, 0.4) is 0 Å². The van der Waals surface area contributed by atoms with Crippen molar-refractivity contribution in [2.45, 2.75) is 34.2 Å². The Balaban J connectivity index is 2.37. The molecule has 0 heterocycles. The van der Waals surface area contributed by atoms with Gasteiger partial charge in [-0.05, 0) is 25.3 Å². The average molecular weight is 291 g/mol. The van der Waals surface area contributed by atoms with Crippen molar-refractivity contribution in [3.05, 3.63) is 35.4 Å². The van der Waals surface area contributed by atoms with E-state index in [-0.39, 0.29) is 0 Å². The minimum absolute atomic E-state index is 0.577. The van der Waals surface area contributed by atoms with Gasteiger partial charge in [0.05, 0.1) is 13.2 Å². The smallest absolute Gasteiger partial charge is 0.191 e. The first kappa shape index (κ1) is 17.5. The van der Waals surface area contributed by atoms with E-state index >= 15 is 0 Å². The summed E-state index contributed by atoms with van der Waals surface area (Å²) in [6.07, 6.45) is 0. The number of guanidine groups is 1. The van der Waals surface area contributed by atoms with E-state index in [4.69, 9.17) is 4.74 Å². The summed E-state index contributed by atoms with van der Waals surface area (Å²) in [6.45, 7) is 12.3. The molecule has 0 spiro atoms. The Labute approximate surface area is 129 Å². The van der Waals surface area contributed by atoms with Gasteiger partial charge in [0.1, 0.15) is 0 Å². The quantitative estimate of drug-likeness (QED) is 0.440. The number of benzene rings is 1. The second kappa shape index (κ2) is 10.2. The van der Waals surface area contributed by atoms with E-state index in [1.54, 1.807) is 0 Å². The maximum atomic E-state index is 5.55. The Morgan fingerprint density at radius 1 is 1.19 bits per heavy atom. The highest BCUT2D eigenvalue weighted by atomic mass is 16.5. The molecular formula is C17H29N3O. The minimum Gasteiger partial charge on any atom is -0.379 e. The van der Waals surface area contributed by atoms with E-state index in [1.165, 1.54) is 11.1 Å². The molecule has 1 rings (SSSR count). The van der Waals surface area contributed by atoms with Gasteiger partial charge in [0.2, 0.25) is 0 Å². The Bertz CT molecular complexity index is 413. The van der Waals surface area contributed by atoms with Gasteiger partial charge >= 0.3 is 0 Å². The number of aryl methyl sites for hydroxylation is 1. The van der Waals surface area contributed by atoms with E-state index in [0.717, 1.165) is 25.7 Å². The molecule has 0 radical (unpaired) electrons. The van der Waals surface area contributed by atoms with Gasteiger partial charge in [0, 0.05) is 19.7 Å². The number of ether oxygens (including phenoxy) is 1. The maximum Gasteiger partial charge on any atom is 0.191 e. The van der Waals surface area contributed by atoms with Gasteiger partial charge in [-0.2, -0.15) is 0 Å². The molecule has 0 unspecified atom stereocenters. The summed E-state index contributed by atoms with van der Waals surface area (Å²) in [5, 5.41) is 6.54. The molecule has 118 valence electrons. The molecule has 0 aliphatic rings. The van der Waals surface area contributed by atoms with Crippen LogP contribution in [0.2, 0.25) is 0 Å². The number of nitrogens with one attached hydrogen (secondary N) is 2. The SMILES string of the molecule is CCNC(=NCc1ccc(C)cc1)NCCOCC(C)C. The molecule has 1 aromatic rings. The number of nitrogens with zero attached hydrogens (tertiary/aromatic N) is 1. The van der Waals surface area contributed by atoms with Crippen molar-refractivity contribution in [2.75, 3.05) is 26.3 Å². The lowest BCUT2D eigenvalue weighted by atomic mass is 10.1. The highest BCUT2D eigenvalue weighted by Crippen LogP contribution is 2.04. The van der Waals surface area contributed by atoms with Crippen LogP contribution in [0.4, 0.5) is 0 Å². The third kappa shape index (κ3) is 8.35. The predicted molar refractivity (Wildman–Crippen MR) is 89.7 cm³/mol. The van der Waals surface area contributed by atoms with Crippen molar-refractivity contribution in [1.29, 1.82) is 0 Å². The van der Waals surface area contributed by atoms with Crippen molar-refractivity contribution in [1.82, 2.24) is 10.6 Å². The predicted octanol–water partition coefficient (Wildman–Crippen LogP) is 2.72. The fourth-order valence-corrected chi connectivity index (χ4v) is 1.77. The molecule has 0 atom stereocenters. The zero-order valence-electron chi connectivity index (χ0n) is 13.8. The van der Waals surface area contributed by atoms with Crippen molar-refractivity contribution in [3.63, 3.8) is 0 Å². The van der Waals surface area contributed by atoms with E-state index in [1.807, 2.05) is 0 Å². The molecule has 0 saturated carbocycles. The van der Waals surface area contributed by atoms with Gasteiger partial charge < -0.3 is 15.4 Å². The second-order valence-corrected chi connectivity index (χ2v) is 5.58. The van der Waals surface area contributed by atoms with Gasteiger partial charge in [-0.3, -0.25) is 0 Å². The molecule has 0 fully saturated rings. The molecule has 0 aliphatic heterocycles. The molecule has 0 aromatic heterocycles. The van der Waals surface area contributed by atoms with Crippen LogP contribution in [-0.4, -0.2) is 32.3 Å². The minimum atomic E-state index is 0.577. The van der Waals surface area contributed by atoms with Crippen molar-refractivity contribution in [2.24, 2.45) is 10.9 Å². The average Bonchev–Trinajstić information content (AvgIpc) is 2.45. The molecule has 0 aliphatic carbocycles. The highest BCUT2D eigenvalue weighted by Gasteiger charge is 1.98. The molecule has 1 aromatic carbocycles. The van der Waals surface area contributed by atoms with Crippen LogP contribution in [0, 0.1) is 12.8 Å². The summed E-state index contributed by atoms with van der Waals surface area (Å²) in [5.41, 5.74) is 2.49. The third-order valence-corrected chi connectivity index (χ3v) is 2.87. The molecule has 2 N–H and O–H groups in total. The van der Waals surface area contributed by atoms with Gasteiger partial charge in [-0.25, -0.2) is 4.99 Å². The summed E-state index contributed by atoms with van der Waals surface area (Å²) in [4.78, 5) is 4.58. The molecule has 0 bridgehead atoms. The summed E-state index contributed by atoms with van der Waals surface area (Å²) in [6, 6.07) is 8.47. The molecule has 21 heavy (non-hydrogen) atoms. The van der Waals surface area contributed by atoms with Crippen molar-refractivity contribution in [3.8, 4) is 0 Å². The molecule has 0 saturated heterocycles. The van der Waals surface area contributed by atoms with E-state index < -0.39 is 0 Å². The molecule has 4 nitrogen and oxygen atoms in total. The van der Waals surface area contributed by atoms with Crippen molar-refractivity contribution < 1.29 is 4.74 Å². The van der Waals surface area contributed by atoms with Crippen LogP contribution in [0.15, 0.2) is 29.3 Å². The first-order valence-corrected chi connectivity index (χ1v) is 7.77. The summed E-state index contributed by atoms with van der Waals surface area (Å²) in [7, 11) is 0. The maximum absolute atomic E-state index is 5.55. The monoisotopic (exact) mass is 291 g/mol. The summed E-state index contributed by atoms with van der Waals surface area (Å²) in [5.74, 6) is 1.42. The first-order valence-electron chi connectivity index (χ1n) is 7.77. The highest BCUT2D eigenvalue weighted by molar-refractivity contribution is 5.79. The zero-order chi connectivity index (χ0) is 15.5. The van der Waals surface area contributed by atoms with Crippen LogP contribution in [0.5, 0.6) is 0 Å². The topological polar surface area (TPSA) is 45.7 Å². The van der Waals surface area contributed by atoms with Gasteiger partial charge in [0.15, 0.2) is 5.96 Å². The van der Waals surface area contributed by atoms with Crippen molar-refractivity contribution >= 4 is 5.96 Å². The van der Waals surface area contributed by atoms with Gasteiger partial charge in [-0.15, -0.1) is 0 Å². The molecule has 4 heteroatoms. The molecular weight excluding hydrogens is 262 g/mol. The van der Waals surface area contributed by atoms with E-state index in [9.17, 15) is 0 Å². The third-order valence-electron chi connectivity index (χ3n) is 2.87. The van der Waals surface area contributed by atoms with Crippen LogP contribution < -0.4 is 10.6 Å². The Hall–Kier alpha value is -1.55. The Morgan fingerprint density at radius 2 is 1.90 bits per heavy atom. The molecule has 0 amide bonds. The lowest BCUT2D eigenvalue weighted by Crippen LogP contribution is -2.39. The Kier molecular flexibility index (Phi) is 8.51. The van der Waals surface area contributed by atoms with E-state index in [2.05, 4.69) is 67.6 Å². The summed E-state index contributed by atoms with van der Waals surface area (Å²) >= 11 is 0. The van der Waals surface area contributed by atoms with Crippen LogP contribution in [0.1, 0.15) is 31.9 Å². The van der Waals surface area contributed by atoms with Gasteiger partial charge in [-0.1, -0.05) is 43.7 Å². The zero-order valence-corrected chi connectivity index (χ0v) is 13.8. The number of rotatable bonds is 8. The Morgan fingerprint density at radius 3 is 2.52 bits per heavy atom. The van der Waals surface area contributed by atoms with Crippen LogP contribution in [-0.2, 0) is 11.3 Å². The van der Waals surface area contributed by atoms with Gasteiger partial charge in [0.25, 0.3) is 0 Å². The lowest BCUT2D eigenvalue weighted by Gasteiger charge is -2.12. The largest absolute Gasteiger partial charge is 0.379 e. The lowest BCUT2D eigenvalue weighted by molar-refractivity contribution is 0.114. The standard InChI is InChI=1S/C17H29N3O/c1-5-18-17(19-10-11-21-13-14(2)3)20-12-16-8-6-15(4)7-9-16/h6-9,14H,5,10-13H2,1-4H3,(H2,18,19,20). The first-order chi connectivity index (χ1) is 10.1. The van der Waals surface area contributed by atoms with Crippen LogP contribution in [0.25, 0.3) is 0 Å². The normalized spacial score (nSPS) is 11.8. The fourth-order valence-electron chi connectivity index (χ4n) is 1.77. The second-order valence-electron chi connectivity index (χ2n) is 5.58. The number of aliphatic imine (C=N–C) groups is 1. The summed E-state index contributed by atoms with van der Waals surface area (Å²) < 4.78 is 5.55. The number of hydrogen-bond donors (Lipinski definition) is 2. The number of hydrogen-bond acceptors (Lipinski definition) is 2. The fraction of sp³-hybridized carbons (Fsp3) is 0.588. The van der Waals surface area contributed by atoms with Crippen LogP contribution >= 0.6 is 0 Å².